The molecule has 0 atom stereocenters. The highest BCUT2D eigenvalue weighted by molar-refractivity contribution is 6.36. The summed E-state index contributed by atoms with van der Waals surface area (Å²) in [6.07, 6.45) is 1.58. The minimum atomic E-state index is -0.983. The number of aromatic nitrogens is 1. The Balaban J connectivity index is 2.12. The SMILES string of the molecule is CCOC(=O)c1c(C)[nH]c(/C=C2\C(=O)Nc3ccc(Cl)cc32)c1CCC(=O)O. The molecule has 146 valence electrons. The number of carboxylic acids is 1. The van der Waals surface area contributed by atoms with Crippen molar-refractivity contribution >= 4 is 46.8 Å². The number of aromatic amines is 1. The summed E-state index contributed by atoms with van der Waals surface area (Å²) in [7, 11) is 0. The fourth-order valence-corrected chi connectivity index (χ4v) is 3.42. The summed E-state index contributed by atoms with van der Waals surface area (Å²) in [5.41, 5.74) is 3.53. The van der Waals surface area contributed by atoms with Gasteiger partial charge in [0.1, 0.15) is 0 Å². The molecule has 1 aliphatic heterocycles. The van der Waals surface area contributed by atoms with Crippen molar-refractivity contribution in [2.75, 3.05) is 11.9 Å². The Morgan fingerprint density at radius 3 is 2.75 bits per heavy atom. The van der Waals surface area contributed by atoms with Crippen molar-refractivity contribution < 1.29 is 24.2 Å². The molecule has 1 aromatic heterocycles. The van der Waals surface area contributed by atoms with E-state index in [4.69, 9.17) is 21.4 Å². The summed E-state index contributed by atoms with van der Waals surface area (Å²) >= 11 is 6.06. The van der Waals surface area contributed by atoms with Crippen LogP contribution in [0.25, 0.3) is 11.6 Å². The summed E-state index contributed by atoms with van der Waals surface area (Å²) in [5.74, 6) is -1.81. The van der Waals surface area contributed by atoms with Gasteiger partial charge in [0.25, 0.3) is 5.91 Å². The number of esters is 1. The maximum atomic E-state index is 12.4. The Hall–Kier alpha value is -3.06. The molecule has 1 aliphatic rings. The van der Waals surface area contributed by atoms with Gasteiger partial charge >= 0.3 is 11.9 Å². The van der Waals surface area contributed by atoms with Crippen molar-refractivity contribution in [3.05, 3.63) is 51.3 Å². The number of amides is 1. The van der Waals surface area contributed by atoms with E-state index in [1.54, 1.807) is 38.1 Å². The van der Waals surface area contributed by atoms with Gasteiger partial charge in [-0.25, -0.2) is 4.79 Å². The number of aliphatic carboxylic acids is 1. The number of hydrogen-bond donors (Lipinski definition) is 3. The third kappa shape index (κ3) is 3.80. The molecule has 0 spiro atoms. The predicted octanol–water partition coefficient (Wildman–Crippen LogP) is 3.66. The van der Waals surface area contributed by atoms with E-state index < -0.39 is 11.9 Å². The minimum Gasteiger partial charge on any atom is -0.481 e. The molecule has 0 radical (unpaired) electrons. The lowest BCUT2D eigenvalue weighted by molar-refractivity contribution is -0.137. The summed E-state index contributed by atoms with van der Waals surface area (Å²) in [5, 5.41) is 12.3. The lowest BCUT2D eigenvalue weighted by Gasteiger charge is -2.06. The number of carbonyl (C=O) groups excluding carboxylic acids is 2. The number of carboxylic acid groups (broad SMARTS) is 1. The van der Waals surface area contributed by atoms with Crippen molar-refractivity contribution in [2.45, 2.75) is 26.7 Å². The lowest BCUT2D eigenvalue weighted by atomic mass is 10.0. The number of ether oxygens (including phenoxy) is 1. The van der Waals surface area contributed by atoms with E-state index in [2.05, 4.69) is 10.3 Å². The third-order valence-corrected chi connectivity index (χ3v) is 4.68. The summed E-state index contributed by atoms with van der Waals surface area (Å²) in [6, 6.07) is 5.07. The molecule has 0 aliphatic carbocycles. The second kappa shape index (κ2) is 7.90. The van der Waals surface area contributed by atoms with E-state index in [1.807, 2.05) is 0 Å². The highest BCUT2D eigenvalue weighted by Crippen LogP contribution is 2.36. The number of aryl methyl sites for hydroxylation is 1. The summed E-state index contributed by atoms with van der Waals surface area (Å²) < 4.78 is 5.11. The van der Waals surface area contributed by atoms with Gasteiger partial charge in [-0.1, -0.05) is 11.6 Å². The quantitative estimate of drug-likeness (QED) is 0.504. The first-order valence-corrected chi connectivity index (χ1v) is 9.13. The normalized spacial score (nSPS) is 14.1. The third-order valence-electron chi connectivity index (χ3n) is 4.45. The molecule has 1 aromatic carbocycles. The van der Waals surface area contributed by atoms with Crippen LogP contribution in [0.4, 0.5) is 5.69 Å². The van der Waals surface area contributed by atoms with Crippen molar-refractivity contribution in [1.82, 2.24) is 4.98 Å². The van der Waals surface area contributed by atoms with Crippen LogP contribution in [-0.2, 0) is 20.7 Å². The van der Waals surface area contributed by atoms with E-state index >= 15 is 0 Å². The number of rotatable bonds is 6. The number of nitrogens with one attached hydrogen (secondary N) is 2. The first kappa shape index (κ1) is 19.7. The predicted molar refractivity (Wildman–Crippen MR) is 105 cm³/mol. The molecule has 7 nitrogen and oxygen atoms in total. The number of H-pyrrole nitrogens is 1. The van der Waals surface area contributed by atoms with Crippen LogP contribution in [0, 0.1) is 6.92 Å². The van der Waals surface area contributed by atoms with E-state index in [0.717, 1.165) is 0 Å². The zero-order valence-electron chi connectivity index (χ0n) is 15.4. The van der Waals surface area contributed by atoms with E-state index in [-0.39, 0.29) is 25.4 Å². The maximum absolute atomic E-state index is 12.4. The molecule has 0 fully saturated rings. The zero-order chi connectivity index (χ0) is 20.4. The van der Waals surface area contributed by atoms with Crippen LogP contribution in [0.1, 0.15) is 46.2 Å². The topological polar surface area (TPSA) is 108 Å². The average molecular weight is 403 g/mol. The van der Waals surface area contributed by atoms with Crippen molar-refractivity contribution in [2.24, 2.45) is 0 Å². The minimum absolute atomic E-state index is 0.122. The number of benzene rings is 1. The van der Waals surface area contributed by atoms with Gasteiger partial charge in [-0.2, -0.15) is 0 Å². The van der Waals surface area contributed by atoms with Gasteiger partial charge in [-0.05, 0) is 50.1 Å². The van der Waals surface area contributed by atoms with Crippen LogP contribution in [-0.4, -0.2) is 34.5 Å². The number of carbonyl (C=O) groups is 3. The number of hydrogen-bond acceptors (Lipinski definition) is 4. The Morgan fingerprint density at radius 2 is 2.07 bits per heavy atom. The Morgan fingerprint density at radius 1 is 1.32 bits per heavy atom. The van der Waals surface area contributed by atoms with Gasteiger partial charge < -0.3 is 20.1 Å². The van der Waals surface area contributed by atoms with Crippen LogP contribution < -0.4 is 5.32 Å². The first-order chi connectivity index (χ1) is 13.3. The highest BCUT2D eigenvalue weighted by Gasteiger charge is 2.27. The van der Waals surface area contributed by atoms with Gasteiger partial charge in [0.2, 0.25) is 0 Å². The molecular formula is C20H19ClN2O5. The molecule has 3 rings (SSSR count). The van der Waals surface area contributed by atoms with Crippen LogP contribution in [0.15, 0.2) is 18.2 Å². The number of fused-ring (bicyclic) bond motifs is 1. The van der Waals surface area contributed by atoms with Crippen LogP contribution >= 0.6 is 11.6 Å². The largest absolute Gasteiger partial charge is 0.481 e. The highest BCUT2D eigenvalue weighted by atomic mass is 35.5. The molecule has 2 heterocycles. The maximum Gasteiger partial charge on any atom is 0.340 e. The van der Waals surface area contributed by atoms with E-state index in [0.29, 0.717) is 44.4 Å². The molecule has 28 heavy (non-hydrogen) atoms. The molecule has 0 unspecified atom stereocenters. The Bertz CT molecular complexity index is 1010. The van der Waals surface area contributed by atoms with Gasteiger partial charge in [-0.3, -0.25) is 9.59 Å². The Kier molecular flexibility index (Phi) is 5.56. The summed E-state index contributed by atoms with van der Waals surface area (Å²) in [6.45, 7) is 3.60. The van der Waals surface area contributed by atoms with E-state index in [1.165, 1.54) is 0 Å². The second-order valence-corrected chi connectivity index (χ2v) is 6.77. The smallest absolute Gasteiger partial charge is 0.340 e. The second-order valence-electron chi connectivity index (χ2n) is 6.33. The van der Waals surface area contributed by atoms with Crippen molar-refractivity contribution in [1.29, 1.82) is 0 Å². The standard InChI is InChI=1S/C20H19ClN2O5/c1-3-28-20(27)18-10(2)22-16(12(18)5-7-17(24)25)9-14-13-8-11(21)4-6-15(13)23-19(14)26/h4,6,8-9,22H,3,5,7H2,1-2H3,(H,23,26)(H,24,25)/b14-9-. The molecule has 0 saturated heterocycles. The molecule has 0 bridgehead atoms. The number of halogens is 1. The molecule has 0 saturated carbocycles. The lowest BCUT2D eigenvalue weighted by Crippen LogP contribution is -2.09. The van der Waals surface area contributed by atoms with Crippen LogP contribution in [0.2, 0.25) is 5.02 Å². The van der Waals surface area contributed by atoms with Crippen LogP contribution in [0.3, 0.4) is 0 Å². The zero-order valence-corrected chi connectivity index (χ0v) is 16.1. The van der Waals surface area contributed by atoms with Crippen LogP contribution in [0.5, 0.6) is 0 Å². The fraction of sp³-hybridized carbons (Fsp3) is 0.250. The summed E-state index contributed by atoms with van der Waals surface area (Å²) in [4.78, 5) is 39.0. The molecular weight excluding hydrogens is 384 g/mol. The van der Waals surface area contributed by atoms with Gasteiger partial charge in [0.05, 0.1) is 17.7 Å². The molecule has 8 heteroatoms. The molecule has 1 amide bonds. The van der Waals surface area contributed by atoms with Crippen molar-refractivity contribution in [3.8, 4) is 0 Å². The van der Waals surface area contributed by atoms with Crippen molar-refractivity contribution in [3.63, 3.8) is 0 Å². The van der Waals surface area contributed by atoms with Gasteiger partial charge in [-0.15, -0.1) is 0 Å². The van der Waals surface area contributed by atoms with Gasteiger partial charge in [0.15, 0.2) is 0 Å². The monoisotopic (exact) mass is 402 g/mol. The number of anilines is 1. The fourth-order valence-electron chi connectivity index (χ4n) is 3.24. The molecule has 3 N–H and O–H groups in total. The van der Waals surface area contributed by atoms with Gasteiger partial charge in [0, 0.05) is 34.1 Å². The first-order valence-electron chi connectivity index (χ1n) is 8.75. The molecule has 2 aromatic rings. The Labute approximate surface area is 166 Å². The van der Waals surface area contributed by atoms with E-state index in [9.17, 15) is 14.4 Å². The average Bonchev–Trinajstić information content (AvgIpc) is 3.10.